The Kier molecular flexibility index (Phi) is 3.16. The van der Waals surface area contributed by atoms with E-state index in [9.17, 15) is 4.79 Å². The Bertz CT molecular complexity index is 132. The van der Waals surface area contributed by atoms with E-state index < -0.39 is 0 Å². The molecule has 4 nitrogen and oxygen atoms in total. The summed E-state index contributed by atoms with van der Waals surface area (Å²) in [6, 6.07) is 0.0733. The molecule has 0 heterocycles. The average Bonchev–Trinajstić information content (AvgIpc) is 2.06. The van der Waals surface area contributed by atoms with Crippen LogP contribution >= 0.6 is 0 Å². The van der Waals surface area contributed by atoms with Crippen molar-refractivity contribution in [2.24, 2.45) is 5.84 Å². The van der Waals surface area contributed by atoms with E-state index >= 15 is 0 Å². The minimum Gasteiger partial charge on any atom is -0.334 e. The normalized spacial score (nSPS) is 19.4. The zero-order valence-electron chi connectivity index (χ0n) is 6.60. The summed E-state index contributed by atoms with van der Waals surface area (Å²) in [5.74, 6) is 4.93. The Labute approximate surface area is 66.5 Å². The number of hydrogen-bond donors (Lipinski definition) is 3. The zero-order chi connectivity index (χ0) is 8.10. The number of hydrazine groups is 1. The molecule has 0 aromatic carbocycles. The van der Waals surface area contributed by atoms with Gasteiger partial charge in [-0.1, -0.05) is 19.3 Å². The molecule has 0 aromatic heterocycles. The second kappa shape index (κ2) is 4.18. The first-order valence-electron chi connectivity index (χ1n) is 4.10. The summed E-state index contributed by atoms with van der Waals surface area (Å²) in [6.45, 7) is 0. The average molecular weight is 157 g/mol. The number of carbonyl (C=O) groups excluding carboxylic acids is 1. The van der Waals surface area contributed by atoms with Crippen LogP contribution in [0.1, 0.15) is 32.1 Å². The maximum Gasteiger partial charge on any atom is 0.329 e. The molecule has 1 fully saturated rings. The van der Waals surface area contributed by atoms with E-state index in [2.05, 4.69) is 10.7 Å². The minimum atomic E-state index is -0.267. The van der Waals surface area contributed by atoms with Gasteiger partial charge in [0, 0.05) is 6.04 Å². The van der Waals surface area contributed by atoms with Gasteiger partial charge in [-0.05, 0) is 12.8 Å². The standard InChI is InChI=1S/C7H15N3O/c8-10-7(11)9-6-4-2-1-3-5-6/h6H,1-5,8H2,(H2,9,10,11). The van der Waals surface area contributed by atoms with Gasteiger partial charge in [-0.2, -0.15) is 0 Å². The highest BCUT2D eigenvalue weighted by atomic mass is 16.2. The number of amides is 2. The molecule has 11 heavy (non-hydrogen) atoms. The lowest BCUT2D eigenvalue weighted by molar-refractivity contribution is 0.233. The Balaban J connectivity index is 2.19. The van der Waals surface area contributed by atoms with Crippen LogP contribution in [0, 0.1) is 0 Å². The molecule has 4 N–H and O–H groups in total. The van der Waals surface area contributed by atoms with Crippen LogP contribution in [0.5, 0.6) is 0 Å². The first kappa shape index (κ1) is 8.33. The fraction of sp³-hybridized carbons (Fsp3) is 0.857. The van der Waals surface area contributed by atoms with Gasteiger partial charge in [0.15, 0.2) is 0 Å². The smallest absolute Gasteiger partial charge is 0.329 e. The number of rotatable bonds is 1. The van der Waals surface area contributed by atoms with Crippen molar-refractivity contribution in [1.82, 2.24) is 10.7 Å². The van der Waals surface area contributed by atoms with Crippen molar-refractivity contribution in [1.29, 1.82) is 0 Å². The van der Waals surface area contributed by atoms with Crippen LogP contribution in [0.15, 0.2) is 0 Å². The fourth-order valence-corrected chi connectivity index (χ4v) is 1.47. The van der Waals surface area contributed by atoms with Crippen LogP contribution in [-0.4, -0.2) is 12.1 Å². The molecule has 0 saturated heterocycles. The molecular formula is C7H15N3O. The van der Waals surface area contributed by atoms with E-state index in [-0.39, 0.29) is 6.03 Å². The molecule has 4 heteroatoms. The van der Waals surface area contributed by atoms with E-state index in [0.717, 1.165) is 12.8 Å². The molecule has 0 atom stereocenters. The molecule has 0 radical (unpaired) electrons. The minimum absolute atomic E-state index is 0.267. The molecule has 0 spiro atoms. The van der Waals surface area contributed by atoms with Gasteiger partial charge < -0.3 is 5.32 Å². The lowest BCUT2D eigenvalue weighted by Crippen LogP contribution is -2.45. The fourth-order valence-electron chi connectivity index (χ4n) is 1.47. The molecule has 64 valence electrons. The summed E-state index contributed by atoms with van der Waals surface area (Å²) in [6.07, 6.45) is 5.91. The van der Waals surface area contributed by atoms with E-state index in [1.165, 1.54) is 19.3 Å². The monoisotopic (exact) mass is 157 g/mol. The van der Waals surface area contributed by atoms with Crippen molar-refractivity contribution in [3.05, 3.63) is 0 Å². The van der Waals surface area contributed by atoms with Crippen molar-refractivity contribution in [2.75, 3.05) is 0 Å². The molecule has 0 bridgehead atoms. The Morgan fingerprint density at radius 3 is 2.45 bits per heavy atom. The largest absolute Gasteiger partial charge is 0.334 e. The van der Waals surface area contributed by atoms with Gasteiger partial charge in [0.1, 0.15) is 0 Å². The summed E-state index contributed by atoms with van der Waals surface area (Å²) in [7, 11) is 0. The molecule has 2 amide bonds. The lowest BCUT2D eigenvalue weighted by Gasteiger charge is -2.22. The van der Waals surface area contributed by atoms with Crippen LogP contribution in [0.4, 0.5) is 4.79 Å². The Morgan fingerprint density at radius 2 is 1.91 bits per heavy atom. The third-order valence-electron chi connectivity index (χ3n) is 2.07. The molecule has 0 aromatic rings. The molecular weight excluding hydrogens is 142 g/mol. The quantitative estimate of drug-likeness (QED) is 0.294. The van der Waals surface area contributed by atoms with E-state index in [1.54, 1.807) is 0 Å². The molecule has 1 aliphatic carbocycles. The number of nitrogens with two attached hydrogens (primary N) is 1. The number of hydrogen-bond acceptors (Lipinski definition) is 2. The van der Waals surface area contributed by atoms with Crippen molar-refractivity contribution in [3.8, 4) is 0 Å². The van der Waals surface area contributed by atoms with Gasteiger partial charge in [-0.3, -0.25) is 5.43 Å². The predicted octanol–water partition coefficient (Wildman–Crippen LogP) is 0.492. The number of urea groups is 1. The highest BCUT2D eigenvalue weighted by Gasteiger charge is 2.14. The Morgan fingerprint density at radius 1 is 1.27 bits per heavy atom. The van der Waals surface area contributed by atoms with Crippen LogP contribution in [0.2, 0.25) is 0 Å². The topological polar surface area (TPSA) is 67.1 Å². The molecule has 0 aliphatic heterocycles. The second-order valence-electron chi connectivity index (χ2n) is 2.95. The van der Waals surface area contributed by atoms with E-state index in [0.29, 0.717) is 6.04 Å². The second-order valence-corrected chi connectivity index (χ2v) is 2.95. The summed E-state index contributed by atoms with van der Waals surface area (Å²) >= 11 is 0. The van der Waals surface area contributed by atoms with Crippen molar-refractivity contribution in [3.63, 3.8) is 0 Å². The van der Waals surface area contributed by atoms with Gasteiger partial charge in [-0.15, -0.1) is 0 Å². The van der Waals surface area contributed by atoms with Gasteiger partial charge in [-0.25, -0.2) is 10.6 Å². The summed E-state index contributed by atoms with van der Waals surface area (Å²) in [5, 5.41) is 2.79. The molecule has 0 unspecified atom stereocenters. The Hall–Kier alpha value is -0.770. The van der Waals surface area contributed by atoms with Gasteiger partial charge >= 0.3 is 6.03 Å². The van der Waals surface area contributed by atoms with Crippen molar-refractivity contribution < 1.29 is 4.79 Å². The SMILES string of the molecule is NNC(=O)NC1CCCCC1. The van der Waals surface area contributed by atoms with Gasteiger partial charge in [0.2, 0.25) is 0 Å². The van der Waals surface area contributed by atoms with Gasteiger partial charge in [0.25, 0.3) is 0 Å². The predicted molar refractivity (Wildman–Crippen MR) is 42.7 cm³/mol. The van der Waals surface area contributed by atoms with Crippen LogP contribution < -0.4 is 16.6 Å². The van der Waals surface area contributed by atoms with Gasteiger partial charge in [0.05, 0.1) is 0 Å². The first-order valence-corrected chi connectivity index (χ1v) is 4.10. The van der Waals surface area contributed by atoms with Crippen molar-refractivity contribution >= 4 is 6.03 Å². The van der Waals surface area contributed by atoms with E-state index in [4.69, 9.17) is 5.84 Å². The first-order chi connectivity index (χ1) is 5.33. The van der Waals surface area contributed by atoms with Crippen LogP contribution in [0.25, 0.3) is 0 Å². The summed E-state index contributed by atoms with van der Waals surface area (Å²) < 4.78 is 0. The van der Waals surface area contributed by atoms with Crippen LogP contribution in [-0.2, 0) is 0 Å². The number of nitrogens with one attached hydrogen (secondary N) is 2. The highest BCUT2D eigenvalue weighted by Crippen LogP contribution is 2.16. The van der Waals surface area contributed by atoms with Crippen LogP contribution in [0.3, 0.4) is 0 Å². The zero-order valence-corrected chi connectivity index (χ0v) is 6.60. The third-order valence-corrected chi connectivity index (χ3v) is 2.07. The maximum absolute atomic E-state index is 10.7. The van der Waals surface area contributed by atoms with Crippen molar-refractivity contribution in [2.45, 2.75) is 38.1 Å². The van der Waals surface area contributed by atoms with E-state index in [1.807, 2.05) is 0 Å². The summed E-state index contributed by atoms with van der Waals surface area (Å²) in [5.41, 5.74) is 2.06. The lowest BCUT2D eigenvalue weighted by atomic mass is 9.96. The highest BCUT2D eigenvalue weighted by molar-refractivity contribution is 5.73. The molecule has 1 aliphatic rings. The molecule has 1 saturated carbocycles. The third kappa shape index (κ3) is 2.76. The summed E-state index contributed by atoms with van der Waals surface area (Å²) in [4.78, 5) is 10.7. The maximum atomic E-state index is 10.7. The number of carbonyl (C=O) groups is 1. The molecule has 1 rings (SSSR count).